The van der Waals surface area contributed by atoms with Crippen molar-refractivity contribution in [3.8, 4) is 23.1 Å². The molecule has 0 saturated carbocycles. The topological polar surface area (TPSA) is 96.8 Å². The minimum absolute atomic E-state index is 0.221. The molecule has 0 bridgehead atoms. The van der Waals surface area contributed by atoms with Crippen molar-refractivity contribution in [2.45, 2.75) is 32.4 Å². The maximum Gasteiger partial charge on any atom is 0.327 e. The van der Waals surface area contributed by atoms with Crippen LogP contribution in [0.25, 0.3) is 11.5 Å². The van der Waals surface area contributed by atoms with Crippen molar-refractivity contribution in [2.75, 3.05) is 13.7 Å². The number of carbonyl (C=O) groups is 1. The number of carbonyl (C=O) groups excluding carboxylic acids is 1. The quantitative estimate of drug-likeness (QED) is 0.534. The van der Waals surface area contributed by atoms with Crippen LogP contribution < -0.4 is 15.2 Å². The van der Waals surface area contributed by atoms with Crippen LogP contribution in [0.15, 0.2) is 59.0 Å². The molecule has 3 aromatic rings. The second-order valence-corrected chi connectivity index (χ2v) is 6.96. The lowest BCUT2D eigenvalue weighted by atomic mass is 10.1. The molecule has 2 aromatic carbocycles. The standard InChI is InChI=1S/C23H26N2O5/c1-15(2)29-22(26)20(24)17-10-7-11-18(14-17)28-13-12-19-23(27-3)30-21(25-19)16-8-5-4-6-9-16/h4-11,14-15,20H,12-13,24H2,1-3H3. The van der Waals surface area contributed by atoms with Crippen molar-refractivity contribution < 1.29 is 23.4 Å². The molecule has 0 saturated heterocycles. The van der Waals surface area contributed by atoms with Crippen LogP contribution in [0.4, 0.5) is 0 Å². The SMILES string of the molecule is COc1oc(-c2ccccc2)nc1CCOc1cccc(C(N)C(=O)OC(C)C)c1. The highest BCUT2D eigenvalue weighted by Crippen LogP contribution is 2.27. The molecule has 7 heteroatoms. The third-order valence-corrected chi connectivity index (χ3v) is 4.30. The van der Waals surface area contributed by atoms with E-state index in [1.165, 1.54) is 0 Å². The van der Waals surface area contributed by atoms with Gasteiger partial charge in [-0.25, -0.2) is 9.78 Å². The molecule has 0 spiro atoms. The van der Waals surface area contributed by atoms with E-state index in [1.54, 1.807) is 45.2 Å². The lowest BCUT2D eigenvalue weighted by Crippen LogP contribution is -2.26. The van der Waals surface area contributed by atoms with Gasteiger partial charge in [0, 0.05) is 12.0 Å². The Bertz CT molecular complexity index is 969. The van der Waals surface area contributed by atoms with Gasteiger partial charge in [-0.1, -0.05) is 30.3 Å². The fourth-order valence-corrected chi connectivity index (χ4v) is 2.86. The van der Waals surface area contributed by atoms with Crippen molar-refractivity contribution in [3.63, 3.8) is 0 Å². The molecule has 2 N–H and O–H groups in total. The third-order valence-electron chi connectivity index (χ3n) is 4.30. The molecule has 0 radical (unpaired) electrons. The number of nitrogens with zero attached hydrogens (tertiary/aromatic N) is 1. The summed E-state index contributed by atoms with van der Waals surface area (Å²) in [4.78, 5) is 16.6. The van der Waals surface area contributed by atoms with E-state index >= 15 is 0 Å². The number of hydrogen-bond acceptors (Lipinski definition) is 7. The number of rotatable bonds is 9. The van der Waals surface area contributed by atoms with Crippen LogP contribution in [-0.2, 0) is 16.0 Å². The third kappa shape index (κ3) is 5.39. The summed E-state index contributed by atoms with van der Waals surface area (Å²) in [5.41, 5.74) is 8.17. The molecule has 7 nitrogen and oxygen atoms in total. The molecule has 30 heavy (non-hydrogen) atoms. The highest BCUT2D eigenvalue weighted by atomic mass is 16.6. The number of ether oxygens (including phenoxy) is 3. The molecule has 0 aliphatic carbocycles. The molecule has 1 unspecified atom stereocenters. The maximum absolute atomic E-state index is 12.0. The second kappa shape index (κ2) is 9.93. The van der Waals surface area contributed by atoms with Crippen LogP contribution in [0.5, 0.6) is 11.7 Å². The zero-order valence-electron chi connectivity index (χ0n) is 17.3. The van der Waals surface area contributed by atoms with Gasteiger partial charge in [-0.2, -0.15) is 0 Å². The lowest BCUT2D eigenvalue weighted by molar-refractivity contribution is -0.149. The highest BCUT2D eigenvalue weighted by molar-refractivity contribution is 5.77. The Labute approximate surface area is 175 Å². The minimum atomic E-state index is -0.861. The first kappa shape index (κ1) is 21.4. The van der Waals surface area contributed by atoms with Crippen LogP contribution in [-0.4, -0.2) is 30.8 Å². The van der Waals surface area contributed by atoms with E-state index < -0.39 is 12.0 Å². The number of methoxy groups -OCH3 is 1. The van der Waals surface area contributed by atoms with Gasteiger partial charge >= 0.3 is 11.9 Å². The van der Waals surface area contributed by atoms with Crippen LogP contribution in [0, 0.1) is 0 Å². The fourth-order valence-electron chi connectivity index (χ4n) is 2.86. The summed E-state index contributed by atoms with van der Waals surface area (Å²) in [6.07, 6.45) is 0.270. The summed E-state index contributed by atoms with van der Waals surface area (Å²) in [5.74, 6) is 0.998. The molecule has 0 aliphatic rings. The fraction of sp³-hybridized carbons (Fsp3) is 0.304. The normalized spacial score (nSPS) is 11.9. The van der Waals surface area contributed by atoms with E-state index in [0.29, 0.717) is 41.9 Å². The Morgan fingerprint density at radius 3 is 2.60 bits per heavy atom. The summed E-state index contributed by atoms with van der Waals surface area (Å²) in [6, 6.07) is 15.9. The number of aromatic nitrogens is 1. The number of oxazole rings is 1. The van der Waals surface area contributed by atoms with E-state index in [-0.39, 0.29) is 6.10 Å². The first-order valence-electron chi connectivity index (χ1n) is 9.76. The zero-order chi connectivity index (χ0) is 21.5. The summed E-state index contributed by atoms with van der Waals surface area (Å²) in [7, 11) is 1.54. The van der Waals surface area contributed by atoms with Gasteiger partial charge in [-0.05, 0) is 43.7 Å². The Balaban J connectivity index is 1.63. The molecule has 1 heterocycles. The van der Waals surface area contributed by atoms with E-state index in [2.05, 4.69) is 4.98 Å². The first-order valence-corrected chi connectivity index (χ1v) is 9.76. The molecule has 0 amide bonds. The monoisotopic (exact) mass is 410 g/mol. The summed E-state index contributed by atoms with van der Waals surface area (Å²) in [6.45, 7) is 3.92. The van der Waals surface area contributed by atoms with Gasteiger partial charge in [0.15, 0.2) is 0 Å². The van der Waals surface area contributed by atoms with E-state index in [4.69, 9.17) is 24.4 Å². The van der Waals surface area contributed by atoms with Crippen molar-refractivity contribution in [1.82, 2.24) is 4.98 Å². The molecule has 158 valence electrons. The van der Waals surface area contributed by atoms with Gasteiger partial charge in [0.05, 0.1) is 19.8 Å². The number of hydrogen-bond donors (Lipinski definition) is 1. The molecule has 0 aliphatic heterocycles. The van der Waals surface area contributed by atoms with Gasteiger partial charge in [-0.3, -0.25) is 0 Å². The Hall–Kier alpha value is -3.32. The average molecular weight is 410 g/mol. The van der Waals surface area contributed by atoms with Gasteiger partial charge in [0.25, 0.3) is 0 Å². The van der Waals surface area contributed by atoms with Gasteiger partial charge in [0.1, 0.15) is 17.5 Å². The summed E-state index contributed by atoms with van der Waals surface area (Å²) in [5, 5.41) is 0. The van der Waals surface area contributed by atoms with Crippen LogP contribution >= 0.6 is 0 Å². The van der Waals surface area contributed by atoms with Crippen molar-refractivity contribution >= 4 is 5.97 Å². The van der Waals surface area contributed by atoms with Crippen molar-refractivity contribution in [2.24, 2.45) is 5.73 Å². The largest absolute Gasteiger partial charge is 0.493 e. The Morgan fingerprint density at radius 2 is 1.90 bits per heavy atom. The van der Waals surface area contributed by atoms with Crippen LogP contribution in [0.1, 0.15) is 31.1 Å². The first-order chi connectivity index (χ1) is 14.5. The van der Waals surface area contributed by atoms with E-state index in [1.807, 2.05) is 30.3 Å². The summed E-state index contributed by atoms with van der Waals surface area (Å²) >= 11 is 0. The highest BCUT2D eigenvalue weighted by Gasteiger charge is 2.19. The molecule has 0 fully saturated rings. The Kier molecular flexibility index (Phi) is 7.08. The molecule has 3 rings (SSSR count). The molecule has 1 atom stereocenters. The molecular formula is C23H26N2O5. The van der Waals surface area contributed by atoms with Gasteiger partial charge < -0.3 is 24.4 Å². The van der Waals surface area contributed by atoms with Crippen LogP contribution in [0.3, 0.4) is 0 Å². The maximum atomic E-state index is 12.0. The van der Waals surface area contributed by atoms with Gasteiger partial charge in [-0.15, -0.1) is 0 Å². The van der Waals surface area contributed by atoms with E-state index in [0.717, 1.165) is 5.56 Å². The van der Waals surface area contributed by atoms with Crippen molar-refractivity contribution in [1.29, 1.82) is 0 Å². The second-order valence-electron chi connectivity index (χ2n) is 6.96. The number of nitrogens with two attached hydrogens (primary N) is 1. The molecular weight excluding hydrogens is 384 g/mol. The minimum Gasteiger partial charge on any atom is -0.493 e. The predicted molar refractivity (Wildman–Crippen MR) is 112 cm³/mol. The molecule has 1 aromatic heterocycles. The average Bonchev–Trinajstić information content (AvgIpc) is 3.17. The summed E-state index contributed by atoms with van der Waals surface area (Å²) < 4.78 is 22.0. The zero-order valence-corrected chi connectivity index (χ0v) is 17.3. The van der Waals surface area contributed by atoms with E-state index in [9.17, 15) is 4.79 Å². The smallest absolute Gasteiger partial charge is 0.327 e. The number of benzene rings is 2. The Morgan fingerprint density at radius 1 is 1.13 bits per heavy atom. The van der Waals surface area contributed by atoms with Gasteiger partial charge in [0.2, 0.25) is 5.89 Å². The predicted octanol–water partition coefficient (Wildman–Crippen LogP) is 3.92. The lowest BCUT2D eigenvalue weighted by Gasteiger charge is -2.15. The van der Waals surface area contributed by atoms with Crippen molar-refractivity contribution in [3.05, 3.63) is 65.9 Å². The number of esters is 1. The van der Waals surface area contributed by atoms with Crippen LogP contribution in [0.2, 0.25) is 0 Å².